The number of carbonyl (C=O) groups is 1. The molecule has 1 N–H and O–H groups in total. The van der Waals surface area contributed by atoms with Crippen LogP contribution in [0.3, 0.4) is 0 Å². The van der Waals surface area contributed by atoms with Crippen molar-refractivity contribution in [1.82, 2.24) is 0 Å². The Morgan fingerprint density at radius 1 is 1.06 bits per heavy atom. The van der Waals surface area contributed by atoms with Crippen LogP contribution < -0.4 is 5.32 Å². The zero-order valence-electron chi connectivity index (χ0n) is 32.3. The Hall–Kier alpha value is -2.79. The van der Waals surface area contributed by atoms with Crippen molar-refractivity contribution >= 4 is 23.4 Å². The standard InChI is InChI=1S/C26H33FN2O.C10H22O.C7H14/c1-7-11-12-19-13-14-20(15-23(19)28-9-3)21-16-22(27)25(18(6)30)26(29-10-4)24(21)17(5)8-2;1-5-9(2)10(3)7-6-8-11-4;1-7-5-3-2-4-6-7/h9-10,13-17,29H,4,7-8,11-12H2,1-3,5-6H3;9-10H,5-8H2,1-4H3;7H,2-6H2,1H3/t17-;;/m1../s1. The SMILES string of the molecule is C=CNc1c(C(C)=O)c(F)cc(-c2ccc(CCCC)c(N=CC)c2)c1[C@H](C)CC.CC1CCCCC1.CCC(C)C(C)CCCOC. The van der Waals surface area contributed by atoms with Crippen molar-refractivity contribution in [3.05, 3.63) is 59.6 Å². The van der Waals surface area contributed by atoms with Gasteiger partial charge in [-0.1, -0.05) is 112 Å². The molecule has 0 saturated heterocycles. The second-order valence-electron chi connectivity index (χ2n) is 13.9. The van der Waals surface area contributed by atoms with Gasteiger partial charge < -0.3 is 10.1 Å². The fourth-order valence-electron chi connectivity index (χ4n) is 6.33. The quantitative estimate of drug-likeness (QED) is 0.110. The molecule has 4 nitrogen and oxygen atoms in total. The van der Waals surface area contributed by atoms with Crippen LogP contribution in [0.1, 0.15) is 160 Å². The fourth-order valence-corrected chi connectivity index (χ4v) is 6.33. The molecule has 0 bridgehead atoms. The number of Topliss-reactive ketones (excluding diaryl/α,β-unsaturated/α-hetero) is 1. The maximum Gasteiger partial charge on any atom is 0.164 e. The number of aryl methyl sites for hydroxylation is 1. The first kappa shape index (κ1) is 43.2. The van der Waals surface area contributed by atoms with Gasteiger partial charge in [0, 0.05) is 19.9 Å². The monoisotopic (exact) mass is 665 g/mol. The number of hydrogen-bond donors (Lipinski definition) is 1. The van der Waals surface area contributed by atoms with Gasteiger partial charge in [-0.25, -0.2) is 4.39 Å². The lowest BCUT2D eigenvalue weighted by Crippen LogP contribution is -2.10. The molecule has 1 fully saturated rings. The van der Waals surface area contributed by atoms with Gasteiger partial charge in [-0.3, -0.25) is 9.79 Å². The second kappa shape index (κ2) is 24.4. The van der Waals surface area contributed by atoms with E-state index in [9.17, 15) is 4.79 Å². The van der Waals surface area contributed by atoms with Crippen LogP contribution in [0.5, 0.6) is 0 Å². The highest BCUT2D eigenvalue weighted by molar-refractivity contribution is 6.02. The Morgan fingerprint density at radius 3 is 2.25 bits per heavy atom. The zero-order chi connectivity index (χ0) is 36.1. The van der Waals surface area contributed by atoms with E-state index in [1.165, 1.54) is 76.1 Å². The van der Waals surface area contributed by atoms with Crippen molar-refractivity contribution in [3.63, 3.8) is 0 Å². The topological polar surface area (TPSA) is 50.7 Å². The minimum absolute atomic E-state index is 0.0836. The number of benzene rings is 2. The largest absolute Gasteiger partial charge is 0.385 e. The van der Waals surface area contributed by atoms with Crippen molar-refractivity contribution in [2.24, 2.45) is 22.7 Å². The number of halogens is 1. The minimum Gasteiger partial charge on any atom is -0.385 e. The van der Waals surface area contributed by atoms with Crippen LogP contribution >= 0.6 is 0 Å². The summed E-state index contributed by atoms with van der Waals surface area (Å²) in [5, 5.41) is 3.04. The van der Waals surface area contributed by atoms with E-state index in [1.54, 1.807) is 13.3 Å². The van der Waals surface area contributed by atoms with E-state index in [4.69, 9.17) is 4.74 Å². The number of anilines is 1. The summed E-state index contributed by atoms with van der Waals surface area (Å²) >= 11 is 0. The molecule has 0 heterocycles. The molecule has 0 spiro atoms. The highest BCUT2D eigenvalue weighted by Crippen LogP contribution is 2.41. The molecule has 2 aromatic rings. The molecule has 3 atom stereocenters. The number of rotatable bonds is 16. The molecule has 1 aliphatic rings. The lowest BCUT2D eigenvalue weighted by Gasteiger charge is -2.23. The van der Waals surface area contributed by atoms with Gasteiger partial charge in [0.15, 0.2) is 5.78 Å². The highest BCUT2D eigenvalue weighted by Gasteiger charge is 2.24. The van der Waals surface area contributed by atoms with E-state index >= 15 is 4.39 Å². The summed E-state index contributed by atoms with van der Waals surface area (Å²) in [7, 11) is 1.77. The lowest BCUT2D eigenvalue weighted by molar-refractivity contribution is 0.101. The summed E-state index contributed by atoms with van der Waals surface area (Å²) in [5.74, 6) is 2.05. The third-order valence-electron chi connectivity index (χ3n) is 10.0. The van der Waals surface area contributed by atoms with Gasteiger partial charge in [0.2, 0.25) is 0 Å². The van der Waals surface area contributed by atoms with Gasteiger partial charge >= 0.3 is 0 Å². The smallest absolute Gasteiger partial charge is 0.164 e. The first-order valence-corrected chi connectivity index (χ1v) is 18.9. The molecule has 1 saturated carbocycles. The number of hydrogen-bond acceptors (Lipinski definition) is 4. The van der Waals surface area contributed by atoms with E-state index in [1.807, 2.05) is 19.1 Å². The normalized spacial score (nSPS) is 15.1. The first-order valence-electron chi connectivity index (χ1n) is 18.9. The molecular weight excluding hydrogens is 595 g/mol. The van der Waals surface area contributed by atoms with Gasteiger partial charge in [-0.2, -0.15) is 0 Å². The Balaban J connectivity index is 0.000000519. The van der Waals surface area contributed by atoms with E-state index in [-0.39, 0.29) is 17.3 Å². The predicted octanol–water partition coefficient (Wildman–Crippen LogP) is 13.5. The van der Waals surface area contributed by atoms with Crippen molar-refractivity contribution in [1.29, 1.82) is 0 Å². The van der Waals surface area contributed by atoms with Crippen LogP contribution in [0.4, 0.5) is 15.8 Å². The maximum absolute atomic E-state index is 15.1. The van der Waals surface area contributed by atoms with Crippen LogP contribution in [-0.2, 0) is 11.2 Å². The minimum atomic E-state index is -0.524. The predicted molar refractivity (Wildman–Crippen MR) is 209 cm³/mol. The number of unbranched alkanes of at least 4 members (excludes halogenated alkanes) is 1. The summed E-state index contributed by atoms with van der Waals surface area (Å²) in [4.78, 5) is 16.8. The number of aliphatic imine (C=N–C) groups is 1. The highest BCUT2D eigenvalue weighted by atomic mass is 19.1. The molecule has 0 aliphatic heterocycles. The Kier molecular flexibility index (Phi) is 21.9. The van der Waals surface area contributed by atoms with Crippen LogP contribution in [0.15, 0.2) is 42.0 Å². The lowest BCUT2D eigenvalue weighted by atomic mass is 9.85. The summed E-state index contributed by atoms with van der Waals surface area (Å²) in [6.45, 7) is 23.6. The maximum atomic E-state index is 15.1. The van der Waals surface area contributed by atoms with Crippen molar-refractivity contribution in [3.8, 4) is 11.1 Å². The first-order chi connectivity index (χ1) is 23.0. The van der Waals surface area contributed by atoms with E-state index in [2.05, 4.69) is 71.4 Å². The summed E-state index contributed by atoms with van der Waals surface area (Å²) in [6.07, 6.45) is 18.6. The molecule has 48 heavy (non-hydrogen) atoms. The van der Waals surface area contributed by atoms with Crippen LogP contribution in [0, 0.1) is 23.6 Å². The fraction of sp³-hybridized carbons (Fsp3) is 0.628. The van der Waals surface area contributed by atoms with Gasteiger partial charge in [0.25, 0.3) is 0 Å². The van der Waals surface area contributed by atoms with Crippen LogP contribution in [-0.4, -0.2) is 25.7 Å². The van der Waals surface area contributed by atoms with Gasteiger partial charge in [0.1, 0.15) is 5.82 Å². The van der Waals surface area contributed by atoms with Crippen molar-refractivity contribution < 1.29 is 13.9 Å². The second-order valence-corrected chi connectivity index (χ2v) is 13.9. The van der Waals surface area contributed by atoms with E-state index < -0.39 is 5.82 Å². The number of ketones is 1. The average molecular weight is 665 g/mol. The molecule has 2 aromatic carbocycles. The summed E-state index contributed by atoms with van der Waals surface area (Å²) < 4.78 is 20.1. The average Bonchev–Trinajstić information content (AvgIpc) is 3.07. The van der Waals surface area contributed by atoms with Crippen LogP contribution in [0.2, 0.25) is 0 Å². The molecule has 1 aliphatic carbocycles. The number of carbonyl (C=O) groups excluding carboxylic acids is 1. The number of ether oxygens (including phenoxy) is 1. The number of nitrogens with one attached hydrogen (secondary N) is 1. The van der Waals surface area contributed by atoms with E-state index in [0.29, 0.717) is 5.69 Å². The van der Waals surface area contributed by atoms with Crippen molar-refractivity contribution in [2.75, 3.05) is 19.0 Å². The molecule has 0 radical (unpaired) electrons. The summed E-state index contributed by atoms with van der Waals surface area (Å²) in [5.41, 5.74) is 5.30. The van der Waals surface area contributed by atoms with Gasteiger partial charge in [-0.15, -0.1) is 0 Å². The Labute approximate surface area is 294 Å². The van der Waals surface area contributed by atoms with E-state index in [0.717, 1.165) is 72.4 Å². The molecule has 3 rings (SSSR count). The number of nitrogens with zero attached hydrogens (tertiary/aromatic N) is 1. The molecule has 0 aromatic heterocycles. The van der Waals surface area contributed by atoms with Crippen LogP contribution in [0.25, 0.3) is 11.1 Å². The Morgan fingerprint density at radius 2 is 1.75 bits per heavy atom. The third-order valence-corrected chi connectivity index (χ3v) is 10.0. The molecule has 270 valence electrons. The van der Waals surface area contributed by atoms with Crippen molar-refractivity contribution in [2.45, 2.75) is 145 Å². The van der Waals surface area contributed by atoms with Gasteiger partial charge in [-0.05, 0) is 110 Å². The molecular formula is C43H69FN2O2. The Bertz CT molecular complexity index is 1250. The molecule has 2 unspecified atom stereocenters. The number of methoxy groups -OCH3 is 1. The summed E-state index contributed by atoms with van der Waals surface area (Å²) in [6, 6.07) is 7.64. The van der Waals surface area contributed by atoms with Gasteiger partial charge in [0.05, 0.1) is 16.9 Å². The zero-order valence-corrected chi connectivity index (χ0v) is 32.3. The molecule has 5 heteroatoms. The third kappa shape index (κ3) is 14.4. The molecule has 0 amide bonds.